The molecule has 0 saturated carbocycles. The summed E-state index contributed by atoms with van der Waals surface area (Å²) in [5.41, 5.74) is 2.80. The first kappa shape index (κ1) is 12.5. The normalized spacial score (nSPS) is 11.1. The molecule has 0 amide bonds. The van der Waals surface area contributed by atoms with Gasteiger partial charge in [0.15, 0.2) is 0 Å². The molecule has 19 heavy (non-hydrogen) atoms. The smallest absolute Gasteiger partial charge is 0.0473 e. The number of hydrogen-bond donors (Lipinski definition) is 0. The number of hydrogen-bond acceptors (Lipinski definition) is 0. The van der Waals surface area contributed by atoms with Gasteiger partial charge < -0.3 is 4.57 Å². The average molecular weight is 314 g/mol. The lowest BCUT2D eigenvalue weighted by Gasteiger charge is -2.09. The van der Waals surface area contributed by atoms with Crippen molar-refractivity contribution in [3.63, 3.8) is 0 Å². The fraction of sp³-hybridized carbons (Fsp3) is 0.176. The van der Waals surface area contributed by atoms with Crippen LogP contribution < -0.4 is 0 Å². The highest BCUT2D eigenvalue weighted by Gasteiger charge is 2.04. The van der Waals surface area contributed by atoms with Crippen LogP contribution in [0.3, 0.4) is 0 Å². The van der Waals surface area contributed by atoms with Gasteiger partial charge in [0.1, 0.15) is 0 Å². The maximum atomic E-state index is 3.54. The molecule has 0 unspecified atom stereocenters. The first-order chi connectivity index (χ1) is 9.26. The number of aryl methyl sites for hydroxylation is 1. The molecule has 0 bridgehead atoms. The molecule has 96 valence electrons. The van der Waals surface area contributed by atoms with E-state index >= 15 is 0 Å². The molecule has 0 atom stereocenters. The summed E-state index contributed by atoms with van der Waals surface area (Å²) in [4.78, 5) is 0. The van der Waals surface area contributed by atoms with E-state index in [1.807, 2.05) is 0 Å². The Morgan fingerprint density at radius 3 is 2.26 bits per heavy atom. The molecule has 0 N–H and O–H groups in total. The molecule has 0 aliphatic heterocycles. The lowest BCUT2D eigenvalue weighted by Crippen LogP contribution is -2.00. The van der Waals surface area contributed by atoms with Crippen molar-refractivity contribution in [3.05, 3.63) is 70.5 Å². The Morgan fingerprint density at radius 2 is 1.63 bits per heavy atom. The van der Waals surface area contributed by atoms with Gasteiger partial charge in [0.2, 0.25) is 0 Å². The maximum absolute atomic E-state index is 3.54. The van der Waals surface area contributed by atoms with Crippen molar-refractivity contribution in [1.29, 1.82) is 0 Å². The second-order valence-electron chi connectivity index (χ2n) is 4.83. The summed E-state index contributed by atoms with van der Waals surface area (Å²) in [5, 5.41) is 2.61. The highest BCUT2D eigenvalue weighted by atomic mass is 79.9. The van der Waals surface area contributed by atoms with Crippen molar-refractivity contribution in [2.45, 2.75) is 19.9 Å². The highest BCUT2D eigenvalue weighted by Crippen LogP contribution is 2.20. The molecule has 1 nitrogen and oxygen atoms in total. The van der Waals surface area contributed by atoms with Crippen LogP contribution in [0.5, 0.6) is 0 Å². The molecule has 0 radical (unpaired) electrons. The van der Waals surface area contributed by atoms with Crippen LogP contribution in [0.1, 0.15) is 18.1 Å². The number of halogens is 1. The van der Waals surface area contributed by atoms with Crippen molar-refractivity contribution in [2.24, 2.45) is 0 Å². The molecule has 0 aliphatic carbocycles. The molecule has 0 aliphatic rings. The van der Waals surface area contributed by atoms with Gasteiger partial charge in [0, 0.05) is 23.4 Å². The summed E-state index contributed by atoms with van der Waals surface area (Å²) in [6, 6.07) is 15.1. The largest absolute Gasteiger partial charge is 0.349 e. The first-order valence-corrected chi connectivity index (χ1v) is 7.37. The third-order valence-corrected chi connectivity index (χ3v) is 4.00. The van der Waals surface area contributed by atoms with Crippen LogP contribution in [-0.2, 0) is 13.0 Å². The zero-order valence-corrected chi connectivity index (χ0v) is 12.5. The van der Waals surface area contributed by atoms with E-state index in [1.54, 1.807) is 0 Å². The number of fused-ring (bicyclic) bond motifs is 1. The lowest BCUT2D eigenvalue weighted by atomic mass is 10.1. The van der Waals surface area contributed by atoms with E-state index in [0.29, 0.717) is 0 Å². The molecule has 0 spiro atoms. The minimum Gasteiger partial charge on any atom is -0.349 e. The topological polar surface area (TPSA) is 4.93 Å². The minimum absolute atomic E-state index is 0.936. The van der Waals surface area contributed by atoms with Gasteiger partial charge in [-0.1, -0.05) is 53.2 Å². The van der Waals surface area contributed by atoms with Gasteiger partial charge in [-0.2, -0.15) is 0 Å². The third kappa shape index (κ3) is 2.59. The molecule has 3 aromatic rings. The predicted molar refractivity (Wildman–Crippen MR) is 84.6 cm³/mol. The fourth-order valence-electron chi connectivity index (χ4n) is 2.51. The van der Waals surface area contributed by atoms with Crippen LogP contribution in [-0.4, -0.2) is 4.57 Å². The van der Waals surface area contributed by atoms with Crippen molar-refractivity contribution in [1.82, 2.24) is 4.57 Å². The SMILES string of the molecule is CCc1cc(Br)ccc1Cn1cc2ccccc2c1. The molecule has 0 saturated heterocycles. The standard InChI is InChI=1S/C17H16BrN/c1-2-13-9-17(18)8-7-16(13)12-19-10-14-5-3-4-6-15(14)11-19/h3-11H,2,12H2,1H3. The maximum Gasteiger partial charge on any atom is 0.0473 e. The summed E-state index contributed by atoms with van der Waals surface area (Å²) in [5.74, 6) is 0. The van der Waals surface area contributed by atoms with E-state index in [1.165, 1.54) is 21.9 Å². The van der Waals surface area contributed by atoms with Gasteiger partial charge in [-0.3, -0.25) is 0 Å². The van der Waals surface area contributed by atoms with E-state index in [9.17, 15) is 0 Å². The Hall–Kier alpha value is -1.54. The van der Waals surface area contributed by atoms with Gasteiger partial charge in [-0.15, -0.1) is 0 Å². The summed E-state index contributed by atoms with van der Waals surface area (Å²) < 4.78 is 3.43. The van der Waals surface area contributed by atoms with Crippen LogP contribution in [0, 0.1) is 0 Å². The predicted octanol–water partition coefficient (Wildman–Crippen LogP) is 5.01. The van der Waals surface area contributed by atoms with E-state index in [-0.39, 0.29) is 0 Å². The van der Waals surface area contributed by atoms with E-state index in [4.69, 9.17) is 0 Å². The average Bonchev–Trinajstić information content (AvgIpc) is 2.83. The second-order valence-corrected chi connectivity index (χ2v) is 5.74. The molecular weight excluding hydrogens is 298 g/mol. The molecular formula is C17H16BrN. The summed E-state index contributed by atoms with van der Waals surface area (Å²) in [6.45, 7) is 3.14. The van der Waals surface area contributed by atoms with Gasteiger partial charge >= 0.3 is 0 Å². The zero-order valence-electron chi connectivity index (χ0n) is 10.9. The van der Waals surface area contributed by atoms with Gasteiger partial charge in [0.05, 0.1) is 0 Å². The monoisotopic (exact) mass is 313 g/mol. The van der Waals surface area contributed by atoms with Gasteiger partial charge in [-0.25, -0.2) is 0 Å². The van der Waals surface area contributed by atoms with E-state index in [0.717, 1.165) is 17.4 Å². The van der Waals surface area contributed by atoms with Crippen LogP contribution in [0.4, 0.5) is 0 Å². The Morgan fingerprint density at radius 1 is 0.947 bits per heavy atom. The number of rotatable bonds is 3. The zero-order chi connectivity index (χ0) is 13.2. The summed E-state index contributed by atoms with van der Waals surface area (Å²) in [7, 11) is 0. The van der Waals surface area contributed by atoms with Gasteiger partial charge in [0.25, 0.3) is 0 Å². The van der Waals surface area contributed by atoms with Crippen LogP contribution in [0.25, 0.3) is 10.8 Å². The van der Waals surface area contributed by atoms with Crippen molar-refractivity contribution in [3.8, 4) is 0 Å². The number of aromatic nitrogens is 1. The highest BCUT2D eigenvalue weighted by molar-refractivity contribution is 9.10. The Bertz CT molecular complexity index is 679. The summed E-state index contributed by atoms with van der Waals surface area (Å²) >= 11 is 3.54. The number of benzene rings is 2. The fourth-order valence-corrected chi connectivity index (χ4v) is 2.91. The van der Waals surface area contributed by atoms with Crippen LogP contribution >= 0.6 is 15.9 Å². The lowest BCUT2D eigenvalue weighted by molar-refractivity contribution is 0.798. The third-order valence-electron chi connectivity index (χ3n) is 3.51. The van der Waals surface area contributed by atoms with Crippen LogP contribution in [0.2, 0.25) is 0 Å². The van der Waals surface area contributed by atoms with Gasteiger partial charge in [-0.05, 0) is 40.5 Å². The Labute approximate surface area is 122 Å². The van der Waals surface area contributed by atoms with Crippen LogP contribution in [0.15, 0.2) is 59.3 Å². The molecule has 0 fully saturated rings. The van der Waals surface area contributed by atoms with Crippen molar-refractivity contribution in [2.75, 3.05) is 0 Å². The Balaban J connectivity index is 1.96. The van der Waals surface area contributed by atoms with Crippen molar-refractivity contribution >= 4 is 26.7 Å². The number of nitrogens with zero attached hydrogens (tertiary/aromatic N) is 1. The molecule has 1 heterocycles. The molecule has 2 aromatic carbocycles. The summed E-state index contributed by atoms with van der Waals surface area (Å²) in [6.07, 6.45) is 5.50. The first-order valence-electron chi connectivity index (χ1n) is 6.58. The molecule has 3 rings (SSSR count). The quantitative estimate of drug-likeness (QED) is 0.640. The minimum atomic E-state index is 0.936. The molecule has 1 aromatic heterocycles. The van der Waals surface area contributed by atoms with E-state index < -0.39 is 0 Å². The second kappa shape index (κ2) is 5.22. The van der Waals surface area contributed by atoms with Crippen molar-refractivity contribution < 1.29 is 0 Å². The van der Waals surface area contributed by atoms with E-state index in [2.05, 4.69) is 82.3 Å². The Kier molecular flexibility index (Phi) is 3.43. The molecule has 2 heteroatoms.